The second kappa shape index (κ2) is 4.90. The molecule has 90 valence electrons. The van der Waals surface area contributed by atoms with Gasteiger partial charge in [0.2, 0.25) is 0 Å². The number of nitrogens with two attached hydrogens (primary N) is 1. The fraction of sp³-hybridized carbons (Fsp3) is 0.308. The molecule has 4 heteroatoms. The van der Waals surface area contributed by atoms with E-state index >= 15 is 0 Å². The highest BCUT2D eigenvalue weighted by Crippen LogP contribution is 2.21. The predicted octanol–water partition coefficient (Wildman–Crippen LogP) is 2.64. The summed E-state index contributed by atoms with van der Waals surface area (Å²) in [6.45, 7) is 4.68. The van der Waals surface area contributed by atoms with Crippen LogP contribution in [-0.2, 0) is 6.42 Å². The first-order valence-electron chi connectivity index (χ1n) is 5.63. The molecule has 0 radical (unpaired) electrons. The summed E-state index contributed by atoms with van der Waals surface area (Å²) >= 11 is 6.12. The van der Waals surface area contributed by atoms with Crippen LogP contribution < -0.4 is 5.73 Å². The molecule has 0 unspecified atom stereocenters. The molecular formula is C13H16ClN3. The van der Waals surface area contributed by atoms with E-state index in [0.717, 1.165) is 28.4 Å². The predicted molar refractivity (Wildman–Crippen MR) is 70.8 cm³/mol. The van der Waals surface area contributed by atoms with E-state index in [1.165, 1.54) is 5.56 Å². The van der Waals surface area contributed by atoms with E-state index in [4.69, 9.17) is 17.3 Å². The largest absolute Gasteiger partial charge is 0.330 e. The van der Waals surface area contributed by atoms with Crippen molar-refractivity contribution in [3.8, 4) is 5.69 Å². The number of aromatic nitrogens is 2. The van der Waals surface area contributed by atoms with Gasteiger partial charge in [-0.1, -0.05) is 17.7 Å². The summed E-state index contributed by atoms with van der Waals surface area (Å²) in [7, 11) is 0. The lowest BCUT2D eigenvalue weighted by molar-refractivity contribution is 0.841. The zero-order valence-corrected chi connectivity index (χ0v) is 10.8. The Morgan fingerprint density at radius 3 is 2.76 bits per heavy atom. The average molecular weight is 250 g/mol. The van der Waals surface area contributed by atoms with Gasteiger partial charge in [-0.15, -0.1) is 0 Å². The fourth-order valence-corrected chi connectivity index (χ4v) is 1.99. The lowest BCUT2D eigenvalue weighted by atomic mass is 10.2. The quantitative estimate of drug-likeness (QED) is 0.909. The van der Waals surface area contributed by atoms with Crippen LogP contribution in [0.2, 0.25) is 5.02 Å². The lowest BCUT2D eigenvalue weighted by Crippen LogP contribution is -2.04. The Bertz CT molecular complexity index is 531. The first kappa shape index (κ1) is 12.1. The minimum absolute atomic E-state index is 0.640. The third-order valence-corrected chi connectivity index (χ3v) is 3.33. The Morgan fingerprint density at radius 2 is 2.12 bits per heavy atom. The molecule has 0 saturated carbocycles. The van der Waals surface area contributed by atoms with Crippen molar-refractivity contribution in [2.24, 2.45) is 5.73 Å². The first-order chi connectivity index (χ1) is 8.13. The van der Waals surface area contributed by atoms with Crippen LogP contribution in [0.3, 0.4) is 0 Å². The summed E-state index contributed by atoms with van der Waals surface area (Å²) < 4.78 is 1.90. The van der Waals surface area contributed by atoms with Crippen LogP contribution in [0.4, 0.5) is 0 Å². The number of hydrogen-bond acceptors (Lipinski definition) is 2. The second-order valence-corrected chi connectivity index (χ2v) is 4.55. The van der Waals surface area contributed by atoms with E-state index in [1.807, 2.05) is 42.9 Å². The van der Waals surface area contributed by atoms with Crippen molar-refractivity contribution >= 4 is 11.6 Å². The minimum atomic E-state index is 0.640. The second-order valence-electron chi connectivity index (χ2n) is 4.14. The maximum Gasteiger partial charge on any atom is 0.0663 e. The monoisotopic (exact) mass is 249 g/mol. The summed E-state index contributed by atoms with van der Waals surface area (Å²) in [5.41, 5.74) is 9.93. The molecule has 0 amide bonds. The molecule has 1 heterocycles. The molecule has 0 aliphatic carbocycles. The van der Waals surface area contributed by atoms with E-state index in [0.29, 0.717) is 6.54 Å². The van der Waals surface area contributed by atoms with Crippen molar-refractivity contribution in [2.45, 2.75) is 20.3 Å². The lowest BCUT2D eigenvalue weighted by Gasteiger charge is -2.07. The molecule has 2 N–H and O–H groups in total. The van der Waals surface area contributed by atoms with Gasteiger partial charge in [-0.05, 0) is 50.1 Å². The molecule has 0 aliphatic heterocycles. The van der Waals surface area contributed by atoms with E-state index in [2.05, 4.69) is 5.10 Å². The first-order valence-corrected chi connectivity index (χ1v) is 6.01. The molecule has 0 atom stereocenters. The SMILES string of the molecule is Cc1ccc(-n2ncc(CCN)c2C)cc1Cl. The molecule has 1 aromatic heterocycles. The minimum Gasteiger partial charge on any atom is -0.330 e. The van der Waals surface area contributed by atoms with Crippen molar-refractivity contribution in [3.63, 3.8) is 0 Å². The van der Waals surface area contributed by atoms with Crippen LogP contribution >= 0.6 is 11.6 Å². The Labute approximate surface area is 106 Å². The maximum absolute atomic E-state index is 6.12. The van der Waals surface area contributed by atoms with Gasteiger partial charge >= 0.3 is 0 Å². The molecule has 0 aliphatic rings. The van der Waals surface area contributed by atoms with E-state index in [-0.39, 0.29) is 0 Å². The highest BCUT2D eigenvalue weighted by molar-refractivity contribution is 6.31. The zero-order valence-electron chi connectivity index (χ0n) is 10.1. The Morgan fingerprint density at radius 1 is 1.35 bits per heavy atom. The van der Waals surface area contributed by atoms with E-state index in [1.54, 1.807) is 0 Å². The number of hydrogen-bond donors (Lipinski definition) is 1. The van der Waals surface area contributed by atoms with Gasteiger partial charge in [-0.3, -0.25) is 0 Å². The van der Waals surface area contributed by atoms with Crippen molar-refractivity contribution in [3.05, 3.63) is 46.2 Å². The van der Waals surface area contributed by atoms with Crippen molar-refractivity contribution in [1.29, 1.82) is 0 Å². The Kier molecular flexibility index (Phi) is 3.50. The fourth-order valence-electron chi connectivity index (χ4n) is 1.82. The third-order valence-electron chi connectivity index (χ3n) is 2.93. The molecular weight excluding hydrogens is 234 g/mol. The van der Waals surface area contributed by atoms with Gasteiger partial charge in [-0.2, -0.15) is 5.10 Å². The summed E-state index contributed by atoms with van der Waals surface area (Å²) in [5, 5.41) is 5.14. The highest BCUT2D eigenvalue weighted by atomic mass is 35.5. The van der Waals surface area contributed by atoms with Crippen molar-refractivity contribution in [2.75, 3.05) is 6.54 Å². The molecule has 1 aromatic carbocycles. The molecule has 0 saturated heterocycles. The van der Waals surface area contributed by atoms with Crippen LogP contribution in [0.1, 0.15) is 16.8 Å². The van der Waals surface area contributed by atoms with Crippen LogP contribution in [0, 0.1) is 13.8 Å². The summed E-state index contributed by atoms with van der Waals surface area (Å²) in [6.07, 6.45) is 2.72. The number of halogens is 1. The summed E-state index contributed by atoms with van der Waals surface area (Å²) in [5.74, 6) is 0. The highest BCUT2D eigenvalue weighted by Gasteiger charge is 2.08. The van der Waals surface area contributed by atoms with Crippen LogP contribution in [0.5, 0.6) is 0 Å². The van der Waals surface area contributed by atoms with Gasteiger partial charge in [-0.25, -0.2) is 4.68 Å². The van der Waals surface area contributed by atoms with Gasteiger partial charge < -0.3 is 5.73 Å². The van der Waals surface area contributed by atoms with Crippen LogP contribution in [0.25, 0.3) is 5.69 Å². The standard InChI is InChI=1S/C13H16ClN3/c1-9-3-4-12(7-13(9)14)17-10(2)11(5-6-15)8-16-17/h3-4,7-8H,5-6,15H2,1-2H3. The molecule has 2 rings (SSSR count). The Balaban J connectivity index is 2.42. The average Bonchev–Trinajstić information content (AvgIpc) is 2.66. The normalized spacial score (nSPS) is 10.8. The Hall–Kier alpha value is -1.32. The van der Waals surface area contributed by atoms with E-state index in [9.17, 15) is 0 Å². The smallest absolute Gasteiger partial charge is 0.0663 e. The van der Waals surface area contributed by atoms with Crippen molar-refractivity contribution in [1.82, 2.24) is 9.78 Å². The zero-order chi connectivity index (χ0) is 12.4. The molecule has 2 aromatic rings. The topological polar surface area (TPSA) is 43.8 Å². The number of rotatable bonds is 3. The molecule has 0 spiro atoms. The van der Waals surface area contributed by atoms with Crippen molar-refractivity contribution < 1.29 is 0 Å². The van der Waals surface area contributed by atoms with Gasteiger partial charge in [0.1, 0.15) is 0 Å². The molecule has 3 nitrogen and oxygen atoms in total. The maximum atomic E-state index is 6.12. The van der Waals surface area contributed by atoms with Crippen LogP contribution in [0.15, 0.2) is 24.4 Å². The van der Waals surface area contributed by atoms with Gasteiger partial charge in [0.15, 0.2) is 0 Å². The number of benzene rings is 1. The number of aryl methyl sites for hydroxylation is 1. The van der Waals surface area contributed by atoms with Crippen LogP contribution in [-0.4, -0.2) is 16.3 Å². The van der Waals surface area contributed by atoms with Gasteiger partial charge in [0, 0.05) is 10.7 Å². The molecule has 17 heavy (non-hydrogen) atoms. The summed E-state index contributed by atoms with van der Waals surface area (Å²) in [6, 6.07) is 5.96. The van der Waals surface area contributed by atoms with E-state index < -0.39 is 0 Å². The summed E-state index contributed by atoms with van der Waals surface area (Å²) in [4.78, 5) is 0. The third kappa shape index (κ3) is 2.35. The molecule has 0 fully saturated rings. The van der Waals surface area contributed by atoms with Gasteiger partial charge in [0.25, 0.3) is 0 Å². The van der Waals surface area contributed by atoms with Gasteiger partial charge in [0.05, 0.1) is 11.9 Å². The molecule has 0 bridgehead atoms. The number of nitrogens with zero attached hydrogens (tertiary/aromatic N) is 2.